The maximum absolute atomic E-state index is 13.6. The number of allylic oxidation sites excluding steroid dienone is 1. The lowest BCUT2D eigenvalue weighted by Gasteiger charge is -2.02. The number of furan rings is 1. The van der Waals surface area contributed by atoms with E-state index in [9.17, 15) is 13.6 Å². The molecule has 1 heterocycles. The molecule has 0 radical (unpaired) electrons. The minimum absolute atomic E-state index is 0.0989. The highest BCUT2D eigenvalue weighted by Gasteiger charge is 2.13. The number of ketones is 1. The van der Waals surface area contributed by atoms with Gasteiger partial charge in [0.05, 0.1) is 5.56 Å². The number of carbonyl (C=O) groups excluding carboxylic acids is 1. The lowest BCUT2D eigenvalue weighted by molar-refractivity contribution is 0.102. The minimum atomic E-state index is -0.734. The van der Waals surface area contributed by atoms with Crippen LogP contribution in [0.3, 0.4) is 0 Å². The molecular weight excluding hydrogens is 264 g/mol. The number of hydrogen-bond donors (Lipinski definition) is 0. The van der Waals surface area contributed by atoms with Crippen molar-refractivity contribution in [1.82, 2.24) is 4.90 Å². The van der Waals surface area contributed by atoms with E-state index >= 15 is 0 Å². The first-order valence-corrected chi connectivity index (χ1v) is 5.91. The first kappa shape index (κ1) is 14.0. The second-order valence-electron chi connectivity index (χ2n) is 4.43. The summed E-state index contributed by atoms with van der Waals surface area (Å²) in [6, 6.07) is 6.11. The molecule has 0 saturated carbocycles. The van der Waals surface area contributed by atoms with Gasteiger partial charge in [0.1, 0.15) is 17.4 Å². The lowest BCUT2D eigenvalue weighted by atomic mass is 10.1. The fourth-order valence-electron chi connectivity index (χ4n) is 1.60. The summed E-state index contributed by atoms with van der Waals surface area (Å²) < 4.78 is 31.7. The summed E-state index contributed by atoms with van der Waals surface area (Å²) in [7, 11) is 3.57. The number of benzene rings is 1. The Morgan fingerprint density at radius 1 is 1.20 bits per heavy atom. The minimum Gasteiger partial charge on any atom is -0.453 e. The highest BCUT2D eigenvalue weighted by molar-refractivity contribution is 6.02. The van der Waals surface area contributed by atoms with Crippen LogP contribution in [-0.2, 0) is 0 Å². The highest BCUT2D eigenvalue weighted by Crippen LogP contribution is 2.25. The zero-order valence-corrected chi connectivity index (χ0v) is 11.1. The number of nitrogens with zero attached hydrogens (tertiary/aromatic N) is 1. The molecule has 0 unspecified atom stereocenters. The van der Waals surface area contributed by atoms with Gasteiger partial charge in [0, 0.05) is 32.4 Å². The molecule has 104 valence electrons. The molecule has 1 aromatic heterocycles. The van der Waals surface area contributed by atoms with Crippen LogP contribution in [0.4, 0.5) is 8.78 Å². The average Bonchev–Trinajstić information content (AvgIpc) is 2.85. The summed E-state index contributed by atoms with van der Waals surface area (Å²) in [6.07, 6.45) is 2.94. The van der Waals surface area contributed by atoms with Gasteiger partial charge in [0.2, 0.25) is 5.78 Å². The summed E-state index contributed by atoms with van der Waals surface area (Å²) in [5, 5.41) is 0. The molecule has 0 N–H and O–H groups in total. The largest absolute Gasteiger partial charge is 0.453 e. The van der Waals surface area contributed by atoms with E-state index in [-0.39, 0.29) is 22.9 Å². The summed E-state index contributed by atoms with van der Waals surface area (Å²) in [4.78, 5) is 13.5. The van der Waals surface area contributed by atoms with E-state index in [0.717, 1.165) is 12.1 Å². The molecule has 0 amide bonds. The van der Waals surface area contributed by atoms with Crippen LogP contribution in [-0.4, -0.2) is 24.8 Å². The van der Waals surface area contributed by atoms with Crippen LogP contribution in [0, 0.1) is 11.6 Å². The van der Waals surface area contributed by atoms with Crippen LogP contribution in [0.2, 0.25) is 0 Å². The Morgan fingerprint density at radius 3 is 2.60 bits per heavy atom. The van der Waals surface area contributed by atoms with E-state index < -0.39 is 11.6 Å². The van der Waals surface area contributed by atoms with Gasteiger partial charge >= 0.3 is 0 Å². The number of rotatable bonds is 4. The Morgan fingerprint density at radius 2 is 1.95 bits per heavy atom. The Bertz CT molecular complexity index is 660. The summed E-state index contributed by atoms with van der Waals surface area (Å²) >= 11 is 0. The third-order valence-corrected chi connectivity index (χ3v) is 2.57. The van der Waals surface area contributed by atoms with Gasteiger partial charge in [-0.3, -0.25) is 4.79 Å². The monoisotopic (exact) mass is 277 g/mol. The number of carbonyl (C=O) groups is 1. The van der Waals surface area contributed by atoms with Crippen molar-refractivity contribution in [2.24, 2.45) is 0 Å². The van der Waals surface area contributed by atoms with Crippen molar-refractivity contribution >= 4 is 5.78 Å². The standard InChI is InChI=1S/C15H13F2NO2/c1-18(2)8-7-13(19)15-6-5-14(20-15)11-4-3-10(16)9-12(11)17/h3-9H,1-2H3/b8-7+. The van der Waals surface area contributed by atoms with Crippen LogP contribution < -0.4 is 0 Å². The molecule has 0 aliphatic carbocycles. The van der Waals surface area contributed by atoms with Crippen molar-refractivity contribution in [3.63, 3.8) is 0 Å². The Kier molecular flexibility index (Phi) is 3.98. The molecule has 0 aliphatic heterocycles. The highest BCUT2D eigenvalue weighted by atomic mass is 19.1. The zero-order chi connectivity index (χ0) is 14.7. The van der Waals surface area contributed by atoms with E-state index in [1.807, 2.05) is 0 Å². The predicted octanol–water partition coefficient (Wildman–Crippen LogP) is 3.48. The normalized spacial score (nSPS) is 11.0. The van der Waals surface area contributed by atoms with Gasteiger partial charge in [-0.2, -0.15) is 0 Å². The van der Waals surface area contributed by atoms with E-state index in [2.05, 4.69) is 0 Å². The molecule has 0 bridgehead atoms. The lowest BCUT2D eigenvalue weighted by Crippen LogP contribution is -2.02. The van der Waals surface area contributed by atoms with Gasteiger partial charge in [0.15, 0.2) is 5.76 Å². The second kappa shape index (κ2) is 5.69. The maximum atomic E-state index is 13.6. The van der Waals surface area contributed by atoms with Crippen LogP contribution >= 0.6 is 0 Å². The fraction of sp³-hybridized carbons (Fsp3) is 0.133. The predicted molar refractivity (Wildman–Crippen MR) is 71.2 cm³/mol. The molecule has 1 aromatic carbocycles. The van der Waals surface area contributed by atoms with Gasteiger partial charge < -0.3 is 9.32 Å². The molecule has 2 aromatic rings. The zero-order valence-electron chi connectivity index (χ0n) is 11.1. The van der Waals surface area contributed by atoms with E-state index in [1.54, 1.807) is 25.2 Å². The van der Waals surface area contributed by atoms with Crippen LogP contribution in [0.25, 0.3) is 11.3 Å². The molecule has 20 heavy (non-hydrogen) atoms. The quantitative estimate of drug-likeness (QED) is 0.633. The molecule has 0 aliphatic rings. The van der Waals surface area contributed by atoms with Crippen molar-refractivity contribution in [1.29, 1.82) is 0 Å². The van der Waals surface area contributed by atoms with Gasteiger partial charge in [-0.25, -0.2) is 8.78 Å². The summed E-state index contributed by atoms with van der Waals surface area (Å²) in [6.45, 7) is 0. The molecule has 0 spiro atoms. The second-order valence-corrected chi connectivity index (χ2v) is 4.43. The van der Waals surface area contributed by atoms with Crippen LogP contribution in [0.5, 0.6) is 0 Å². The number of halogens is 2. The van der Waals surface area contributed by atoms with Crippen molar-refractivity contribution in [2.45, 2.75) is 0 Å². The first-order valence-electron chi connectivity index (χ1n) is 5.91. The van der Waals surface area contributed by atoms with Gasteiger partial charge in [-0.15, -0.1) is 0 Å². The molecule has 2 rings (SSSR count). The van der Waals surface area contributed by atoms with E-state index in [4.69, 9.17) is 4.42 Å². The molecule has 5 heteroatoms. The van der Waals surface area contributed by atoms with Crippen LogP contribution in [0.1, 0.15) is 10.6 Å². The maximum Gasteiger partial charge on any atom is 0.222 e. The topological polar surface area (TPSA) is 33.5 Å². The Balaban J connectivity index is 2.27. The molecule has 3 nitrogen and oxygen atoms in total. The van der Waals surface area contributed by atoms with E-state index in [1.165, 1.54) is 24.3 Å². The average molecular weight is 277 g/mol. The van der Waals surface area contributed by atoms with Crippen molar-refractivity contribution in [3.8, 4) is 11.3 Å². The third kappa shape index (κ3) is 3.12. The first-order chi connectivity index (χ1) is 9.47. The van der Waals surface area contributed by atoms with Gasteiger partial charge in [-0.1, -0.05) is 0 Å². The van der Waals surface area contributed by atoms with Crippen molar-refractivity contribution < 1.29 is 18.0 Å². The molecule has 0 fully saturated rings. The van der Waals surface area contributed by atoms with E-state index in [0.29, 0.717) is 0 Å². The SMILES string of the molecule is CN(C)/C=C/C(=O)c1ccc(-c2ccc(F)cc2F)o1. The Hall–Kier alpha value is -2.43. The fourth-order valence-corrected chi connectivity index (χ4v) is 1.60. The van der Waals surface area contributed by atoms with Crippen molar-refractivity contribution in [2.75, 3.05) is 14.1 Å². The third-order valence-electron chi connectivity index (χ3n) is 2.57. The molecule has 0 saturated heterocycles. The summed E-state index contributed by atoms with van der Waals surface area (Å²) in [5.74, 6) is -1.44. The molecule has 0 atom stereocenters. The smallest absolute Gasteiger partial charge is 0.222 e. The van der Waals surface area contributed by atoms with Gasteiger partial charge in [0.25, 0.3) is 0 Å². The van der Waals surface area contributed by atoms with Crippen LogP contribution in [0.15, 0.2) is 47.0 Å². The summed E-state index contributed by atoms with van der Waals surface area (Å²) in [5.41, 5.74) is 0.113. The number of hydrogen-bond acceptors (Lipinski definition) is 3. The Labute approximate surface area is 115 Å². The molecular formula is C15H13F2NO2. The van der Waals surface area contributed by atoms with Gasteiger partial charge in [-0.05, 0) is 24.3 Å². The van der Waals surface area contributed by atoms with Crippen molar-refractivity contribution in [3.05, 3.63) is 60.0 Å².